The lowest BCUT2D eigenvalue weighted by atomic mass is 10.1. The normalized spacial score (nSPS) is 9.64. The number of benzene rings is 3. The Bertz CT molecular complexity index is 1020. The molecule has 0 spiro atoms. The predicted molar refractivity (Wildman–Crippen MR) is 99.7 cm³/mol. The molecule has 0 N–H and O–H groups in total. The van der Waals surface area contributed by atoms with E-state index in [0.717, 1.165) is 12.6 Å². The quantitative estimate of drug-likeness (QED) is 0.588. The Hall–Kier alpha value is -4.42. The highest BCUT2D eigenvalue weighted by Gasteiger charge is 2.14. The van der Waals surface area contributed by atoms with Crippen LogP contribution in [0.3, 0.4) is 0 Å². The van der Waals surface area contributed by atoms with E-state index in [1.165, 1.54) is 12.1 Å². The topological polar surface area (TPSA) is 100 Å². The molecular formula is C22H12N2O4. The van der Waals surface area contributed by atoms with Crippen LogP contribution in [0.25, 0.3) is 0 Å². The third-order valence-corrected chi connectivity index (χ3v) is 3.81. The van der Waals surface area contributed by atoms with Crippen LogP contribution in [-0.2, 0) is 0 Å². The molecule has 0 heterocycles. The first kappa shape index (κ1) is 18.4. The first-order valence-electron chi connectivity index (χ1n) is 8.11. The van der Waals surface area contributed by atoms with Crippen LogP contribution in [0, 0.1) is 22.7 Å². The summed E-state index contributed by atoms with van der Waals surface area (Å²) < 4.78 is 11.6. The molecule has 0 aromatic heterocycles. The number of hydrogen-bond acceptors (Lipinski definition) is 6. The largest absolute Gasteiger partial charge is 0.453 e. The maximum atomic E-state index is 10.8. The van der Waals surface area contributed by atoms with Gasteiger partial charge in [-0.2, -0.15) is 10.5 Å². The van der Waals surface area contributed by atoms with Gasteiger partial charge in [0.15, 0.2) is 11.5 Å². The van der Waals surface area contributed by atoms with E-state index in [1.54, 1.807) is 48.5 Å². The van der Waals surface area contributed by atoms with Gasteiger partial charge in [-0.25, -0.2) is 0 Å². The number of nitrogens with zero attached hydrogens (tertiary/aromatic N) is 2. The second-order valence-corrected chi connectivity index (χ2v) is 5.65. The van der Waals surface area contributed by atoms with Crippen molar-refractivity contribution in [2.75, 3.05) is 0 Å². The van der Waals surface area contributed by atoms with Gasteiger partial charge in [0.05, 0.1) is 11.1 Å². The van der Waals surface area contributed by atoms with E-state index in [-0.39, 0.29) is 22.6 Å². The van der Waals surface area contributed by atoms with Gasteiger partial charge in [-0.1, -0.05) is 0 Å². The Labute approximate surface area is 160 Å². The van der Waals surface area contributed by atoms with Gasteiger partial charge in [0.25, 0.3) is 0 Å². The van der Waals surface area contributed by atoms with Crippen LogP contribution in [0.1, 0.15) is 31.8 Å². The van der Waals surface area contributed by atoms with Crippen molar-refractivity contribution in [3.8, 4) is 35.1 Å². The van der Waals surface area contributed by atoms with Gasteiger partial charge in [0.2, 0.25) is 0 Å². The molecule has 0 aliphatic carbocycles. The molecule has 0 radical (unpaired) electrons. The van der Waals surface area contributed by atoms with Gasteiger partial charge in [-0.05, 0) is 48.5 Å². The lowest BCUT2D eigenvalue weighted by Gasteiger charge is -2.14. The SMILES string of the molecule is N#Cc1cc(Oc2ccc(C=O)cc2)c(Oc2ccc(C=O)cc2)cc1C#N. The molecule has 0 fully saturated rings. The van der Waals surface area contributed by atoms with Crippen molar-refractivity contribution in [2.45, 2.75) is 0 Å². The fourth-order valence-electron chi connectivity index (χ4n) is 2.39. The minimum Gasteiger partial charge on any atom is -0.453 e. The number of nitriles is 2. The van der Waals surface area contributed by atoms with Crippen LogP contribution in [0.15, 0.2) is 60.7 Å². The van der Waals surface area contributed by atoms with Gasteiger partial charge in [-0.15, -0.1) is 0 Å². The standard InChI is InChI=1S/C22H12N2O4/c23-11-17-9-21(27-19-5-1-15(13-25)2-6-19)22(10-18(17)12-24)28-20-7-3-16(14-26)4-8-20/h1-10,13-14H. The van der Waals surface area contributed by atoms with E-state index in [1.807, 2.05) is 12.1 Å². The Balaban J connectivity index is 2.00. The Kier molecular flexibility index (Phi) is 5.45. The summed E-state index contributed by atoms with van der Waals surface area (Å²) in [5.74, 6) is 1.32. The summed E-state index contributed by atoms with van der Waals surface area (Å²) >= 11 is 0. The Morgan fingerprint density at radius 3 is 1.29 bits per heavy atom. The van der Waals surface area contributed by atoms with E-state index >= 15 is 0 Å². The first-order valence-corrected chi connectivity index (χ1v) is 8.11. The molecule has 134 valence electrons. The number of aldehydes is 2. The summed E-state index contributed by atoms with van der Waals surface area (Å²) in [5, 5.41) is 18.6. The zero-order valence-electron chi connectivity index (χ0n) is 14.5. The van der Waals surface area contributed by atoms with Crippen molar-refractivity contribution in [1.82, 2.24) is 0 Å². The highest BCUT2D eigenvalue weighted by Crippen LogP contribution is 2.37. The molecule has 0 saturated heterocycles. The number of rotatable bonds is 6. The van der Waals surface area contributed by atoms with Gasteiger partial charge in [0.1, 0.15) is 36.2 Å². The van der Waals surface area contributed by atoms with Gasteiger partial charge >= 0.3 is 0 Å². The van der Waals surface area contributed by atoms with E-state index < -0.39 is 0 Å². The molecule has 0 unspecified atom stereocenters. The molecular weight excluding hydrogens is 356 g/mol. The fourth-order valence-corrected chi connectivity index (χ4v) is 2.39. The summed E-state index contributed by atoms with van der Waals surface area (Å²) in [7, 11) is 0. The molecule has 0 aliphatic heterocycles. The highest BCUT2D eigenvalue weighted by atomic mass is 16.5. The highest BCUT2D eigenvalue weighted by molar-refractivity contribution is 5.75. The molecule has 0 aliphatic rings. The maximum Gasteiger partial charge on any atom is 0.171 e. The third kappa shape index (κ3) is 4.04. The monoisotopic (exact) mass is 368 g/mol. The zero-order valence-corrected chi connectivity index (χ0v) is 14.5. The number of carbonyl (C=O) groups is 2. The average Bonchev–Trinajstić information content (AvgIpc) is 2.75. The number of carbonyl (C=O) groups excluding carboxylic acids is 2. The van der Waals surface area contributed by atoms with Crippen LogP contribution in [0.5, 0.6) is 23.0 Å². The van der Waals surface area contributed by atoms with Crippen molar-refractivity contribution in [3.63, 3.8) is 0 Å². The molecule has 6 nitrogen and oxygen atoms in total. The molecule has 3 aromatic carbocycles. The summed E-state index contributed by atoms with van der Waals surface area (Å²) in [6, 6.07) is 19.5. The van der Waals surface area contributed by atoms with Gasteiger partial charge in [0, 0.05) is 23.3 Å². The summed E-state index contributed by atoms with van der Waals surface area (Å²) in [4.78, 5) is 21.6. The Morgan fingerprint density at radius 1 is 0.643 bits per heavy atom. The van der Waals surface area contributed by atoms with Crippen LogP contribution in [-0.4, -0.2) is 12.6 Å². The lowest BCUT2D eigenvalue weighted by molar-refractivity contribution is 0.111. The molecule has 3 aromatic rings. The van der Waals surface area contributed by atoms with Crippen LogP contribution in [0.2, 0.25) is 0 Å². The minimum atomic E-state index is 0.144. The molecule has 0 saturated carbocycles. The van der Waals surface area contributed by atoms with Crippen molar-refractivity contribution < 1.29 is 19.1 Å². The fraction of sp³-hybridized carbons (Fsp3) is 0. The number of hydrogen-bond donors (Lipinski definition) is 0. The van der Waals surface area contributed by atoms with Crippen LogP contribution >= 0.6 is 0 Å². The summed E-state index contributed by atoms with van der Waals surface area (Å²) in [5.41, 5.74) is 1.28. The molecule has 6 heteroatoms. The van der Waals surface area contributed by atoms with Crippen molar-refractivity contribution >= 4 is 12.6 Å². The predicted octanol–water partition coefficient (Wildman–Crippen LogP) is 4.64. The Morgan fingerprint density at radius 2 is 1.00 bits per heavy atom. The summed E-state index contributed by atoms with van der Waals surface area (Å²) in [6.45, 7) is 0. The second kappa shape index (κ2) is 8.31. The van der Waals surface area contributed by atoms with Crippen LogP contribution in [0.4, 0.5) is 0 Å². The summed E-state index contributed by atoms with van der Waals surface area (Å²) in [6.07, 6.45) is 1.44. The molecule has 28 heavy (non-hydrogen) atoms. The van der Waals surface area contributed by atoms with E-state index in [2.05, 4.69) is 0 Å². The van der Waals surface area contributed by atoms with Crippen molar-refractivity contribution in [1.29, 1.82) is 10.5 Å². The van der Waals surface area contributed by atoms with Crippen molar-refractivity contribution in [3.05, 3.63) is 82.9 Å². The first-order chi connectivity index (χ1) is 13.7. The molecule has 0 atom stereocenters. The van der Waals surface area contributed by atoms with Crippen molar-refractivity contribution in [2.24, 2.45) is 0 Å². The third-order valence-electron chi connectivity index (χ3n) is 3.81. The maximum absolute atomic E-state index is 10.8. The minimum absolute atomic E-state index is 0.144. The molecule has 0 bridgehead atoms. The van der Waals surface area contributed by atoms with Crippen LogP contribution < -0.4 is 9.47 Å². The average molecular weight is 368 g/mol. The van der Waals surface area contributed by atoms with Gasteiger partial charge in [-0.3, -0.25) is 9.59 Å². The van der Waals surface area contributed by atoms with Gasteiger partial charge < -0.3 is 9.47 Å². The number of ether oxygens (including phenoxy) is 2. The van der Waals surface area contributed by atoms with E-state index in [0.29, 0.717) is 22.6 Å². The van der Waals surface area contributed by atoms with E-state index in [9.17, 15) is 20.1 Å². The van der Waals surface area contributed by atoms with E-state index in [4.69, 9.17) is 9.47 Å². The molecule has 0 amide bonds. The molecule has 3 rings (SSSR count). The zero-order chi connectivity index (χ0) is 19.9. The lowest BCUT2D eigenvalue weighted by Crippen LogP contribution is -1.95. The second-order valence-electron chi connectivity index (χ2n) is 5.65. The smallest absolute Gasteiger partial charge is 0.171 e.